The number of hydrogen-bond donors (Lipinski definition) is 2. The van der Waals surface area contributed by atoms with E-state index < -0.39 is 5.97 Å². The number of carboxylic acid groups (broad SMARTS) is 1. The highest BCUT2D eigenvalue weighted by molar-refractivity contribution is 5.91. The van der Waals surface area contributed by atoms with Gasteiger partial charge in [0, 0.05) is 36.8 Å². The molecule has 8 heteroatoms. The van der Waals surface area contributed by atoms with Crippen molar-refractivity contribution < 1.29 is 23.8 Å². The van der Waals surface area contributed by atoms with Gasteiger partial charge in [-0.2, -0.15) is 0 Å². The SMILES string of the molecule is COc1ccc(C(=O)O)c(OCCN2CCC(c3c[nH]c4c(Cc5ccoc5)nccc34)CC2)c1. The standard InChI is InChI=1S/C27H29N3O5/c1-33-20-2-3-22(27(31)32)25(15-20)35-13-11-30-9-5-19(6-10-30)23-16-29-26-21(23)4-8-28-24(26)14-18-7-12-34-17-18/h2-4,7-8,12,15-17,19,29H,5-6,9-11,13-14H2,1H3,(H,31,32). The molecule has 1 fully saturated rings. The molecule has 5 rings (SSSR count). The van der Waals surface area contributed by atoms with Crippen LogP contribution in [-0.4, -0.2) is 59.3 Å². The second-order valence-corrected chi connectivity index (χ2v) is 8.86. The van der Waals surface area contributed by atoms with Crippen LogP contribution >= 0.6 is 0 Å². The van der Waals surface area contributed by atoms with E-state index >= 15 is 0 Å². The maximum Gasteiger partial charge on any atom is 0.339 e. The summed E-state index contributed by atoms with van der Waals surface area (Å²) < 4.78 is 16.2. The van der Waals surface area contributed by atoms with Crippen LogP contribution in [-0.2, 0) is 6.42 Å². The lowest BCUT2D eigenvalue weighted by Crippen LogP contribution is -2.35. The van der Waals surface area contributed by atoms with Gasteiger partial charge in [-0.25, -0.2) is 4.79 Å². The Kier molecular flexibility index (Phi) is 6.72. The topological polar surface area (TPSA) is 101 Å². The zero-order chi connectivity index (χ0) is 24.2. The van der Waals surface area contributed by atoms with Gasteiger partial charge in [0.2, 0.25) is 0 Å². The van der Waals surface area contributed by atoms with Crippen molar-refractivity contribution in [3.05, 3.63) is 77.6 Å². The van der Waals surface area contributed by atoms with E-state index in [1.54, 1.807) is 31.8 Å². The van der Waals surface area contributed by atoms with E-state index in [0.717, 1.165) is 55.7 Å². The van der Waals surface area contributed by atoms with Gasteiger partial charge in [-0.05, 0) is 67.2 Å². The van der Waals surface area contributed by atoms with Crippen molar-refractivity contribution in [1.29, 1.82) is 0 Å². The molecule has 1 aliphatic heterocycles. The fraction of sp³-hybridized carbons (Fsp3) is 0.333. The first kappa shape index (κ1) is 23.0. The van der Waals surface area contributed by atoms with E-state index in [9.17, 15) is 9.90 Å². The van der Waals surface area contributed by atoms with Crippen LogP contribution in [0.1, 0.15) is 45.9 Å². The van der Waals surface area contributed by atoms with Gasteiger partial charge < -0.3 is 24.0 Å². The number of H-pyrrole nitrogens is 1. The minimum atomic E-state index is -1.01. The van der Waals surface area contributed by atoms with Gasteiger partial charge in [0.05, 0.1) is 30.8 Å². The summed E-state index contributed by atoms with van der Waals surface area (Å²) in [5.41, 5.74) is 4.75. The number of aromatic carboxylic acids is 1. The molecular weight excluding hydrogens is 446 g/mol. The molecule has 0 unspecified atom stereocenters. The number of likely N-dealkylation sites (tertiary alicyclic amines) is 1. The first-order valence-corrected chi connectivity index (χ1v) is 11.8. The van der Waals surface area contributed by atoms with Gasteiger partial charge in [-0.15, -0.1) is 0 Å². The molecule has 1 aromatic carbocycles. The van der Waals surface area contributed by atoms with Gasteiger partial charge in [0.25, 0.3) is 0 Å². The summed E-state index contributed by atoms with van der Waals surface area (Å²) in [6.07, 6.45) is 10.4. The highest BCUT2D eigenvalue weighted by Crippen LogP contribution is 2.34. The van der Waals surface area contributed by atoms with Crippen molar-refractivity contribution in [3.8, 4) is 11.5 Å². The van der Waals surface area contributed by atoms with Crippen molar-refractivity contribution in [3.63, 3.8) is 0 Å². The minimum Gasteiger partial charge on any atom is -0.497 e. The zero-order valence-electron chi connectivity index (χ0n) is 19.7. The third-order valence-electron chi connectivity index (χ3n) is 6.78. The number of hydrogen-bond acceptors (Lipinski definition) is 6. The molecule has 8 nitrogen and oxygen atoms in total. The maximum atomic E-state index is 11.5. The van der Waals surface area contributed by atoms with Crippen molar-refractivity contribution in [1.82, 2.24) is 14.9 Å². The van der Waals surface area contributed by atoms with Gasteiger partial charge in [0.15, 0.2) is 0 Å². The molecule has 1 saturated heterocycles. The Bertz CT molecular complexity index is 1290. The number of benzene rings is 1. The normalized spacial score (nSPS) is 14.9. The van der Waals surface area contributed by atoms with E-state index in [2.05, 4.69) is 27.1 Å². The van der Waals surface area contributed by atoms with Gasteiger partial charge in [-0.1, -0.05) is 0 Å². The quantitative estimate of drug-likeness (QED) is 0.361. The highest BCUT2D eigenvalue weighted by Gasteiger charge is 2.24. The van der Waals surface area contributed by atoms with Gasteiger partial charge in [0.1, 0.15) is 23.7 Å². The lowest BCUT2D eigenvalue weighted by molar-refractivity contribution is 0.0691. The molecule has 0 radical (unpaired) electrons. The van der Waals surface area contributed by atoms with Gasteiger partial charge in [-0.3, -0.25) is 9.88 Å². The van der Waals surface area contributed by atoms with Crippen LogP contribution in [0.3, 0.4) is 0 Å². The molecule has 182 valence electrons. The van der Waals surface area contributed by atoms with E-state index in [0.29, 0.717) is 24.0 Å². The predicted octanol–water partition coefficient (Wildman–Crippen LogP) is 4.71. The summed E-state index contributed by atoms with van der Waals surface area (Å²) in [4.78, 5) is 21.9. The molecular formula is C27H29N3O5. The molecule has 3 aromatic heterocycles. The minimum absolute atomic E-state index is 0.144. The van der Waals surface area contributed by atoms with Crippen LogP contribution in [0.5, 0.6) is 11.5 Å². The first-order valence-electron chi connectivity index (χ1n) is 11.8. The number of fused-ring (bicyclic) bond motifs is 1. The summed E-state index contributed by atoms with van der Waals surface area (Å²) in [5, 5.41) is 10.7. The van der Waals surface area contributed by atoms with Crippen molar-refractivity contribution in [2.75, 3.05) is 33.4 Å². The smallest absolute Gasteiger partial charge is 0.339 e. The van der Waals surface area contributed by atoms with Crippen molar-refractivity contribution >= 4 is 16.9 Å². The Morgan fingerprint density at radius 2 is 2.11 bits per heavy atom. The molecule has 0 aliphatic carbocycles. The summed E-state index contributed by atoms with van der Waals surface area (Å²) >= 11 is 0. The molecule has 4 heterocycles. The van der Waals surface area contributed by atoms with Gasteiger partial charge >= 0.3 is 5.97 Å². The number of pyridine rings is 1. The average molecular weight is 476 g/mol. The largest absolute Gasteiger partial charge is 0.497 e. The number of aromatic amines is 1. The number of nitrogens with one attached hydrogen (secondary N) is 1. The summed E-state index contributed by atoms with van der Waals surface area (Å²) in [7, 11) is 1.55. The second kappa shape index (κ2) is 10.2. The van der Waals surface area contributed by atoms with E-state index in [-0.39, 0.29) is 5.56 Å². The van der Waals surface area contributed by atoms with Crippen LogP contribution in [0.2, 0.25) is 0 Å². The first-order chi connectivity index (χ1) is 17.1. The lowest BCUT2D eigenvalue weighted by Gasteiger charge is -2.31. The molecule has 0 spiro atoms. The molecule has 0 bridgehead atoms. The lowest BCUT2D eigenvalue weighted by atomic mass is 9.89. The number of carboxylic acids is 1. The Morgan fingerprint density at radius 1 is 1.26 bits per heavy atom. The zero-order valence-corrected chi connectivity index (χ0v) is 19.7. The van der Waals surface area contributed by atoms with E-state index in [4.69, 9.17) is 13.9 Å². The number of rotatable bonds is 9. The number of nitrogens with zero attached hydrogens (tertiary/aromatic N) is 2. The highest BCUT2D eigenvalue weighted by atomic mass is 16.5. The van der Waals surface area contributed by atoms with Crippen LogP contribution < -0.4 is 9.47 Å². The Morgan fingerprint density at radius 3 is 2.86 bits per heavy atom. The van der Waals surface area contributed by atoms with Crippen molar-refractivity contribution in [2.24, 2.45) is 0 Å². The Hall–Kier alpha value is -3.78. The Labute approximate surface area is 203 Å². The third-order valence-corrected chi connectivity index (χ3v) is 6.78. The predicted molar refractivity (Wildman–Crippen MR) is 131 cm³/mol. The fourth-order valence-electron chi connectivity index (χ4n) is 4.87. The monoisotopic (exact) mass is 475 g/mol. The summed E-state index contributed by atoms with van der Waals surface area (Å²) in [6.45, 7) is 3.11. The van der Waals surface area contributed by atoms with Crippen LogP contribution in [0.25, 0.3) is 10.9 Å². The summed E-state index contributed by atoms with van der Waals surface area (Å²) in [5.74, 6) is 0.394. The van der Waals surface area contributed by atoms with E-state index in [1.807, 2.05) is 12.3 Å². The second-order valence-electron chi connectivity index (χ2n) is 8.86. The number of piperidine rings is 1. The number of carbonyl (C=O) groups is 1. The molecule has 0 amide bonds. The number of furan rings is 1. The molecule has 2 N–H and O–H groups in total. The van der Waals surface area contributed by atoms with Crippen LogP contribution in [0.4, 0.5) is 0 Å². The molecule has 35 heavy (non-hydrogen) atoms. The summed E-state index contributed by atoms with van der Waals surface area (Å²) in [6, 6.07) is 8.85. The maximum absolute atomic E-state index is 11.5. The van der Waals surface area contributed by atoms with Crippen molar-refractivity contribution in [2.45, 2.75) is 25.2 Å². The Balaban J connectivity index is 1.18. The van der Waals surface area contributed by atoms with Crippen LogP contribution in [0, 0.1) is 0 Å². The van der Waals surface area contributed by atoms with E-state index in [1.165, 1.54) is 17.0 Å². The molecule has 0 atom stereocenters. The molecule has 4 aromatic rings. The number of aromatic nitrogens is 2. The molecule has 1 aliphatic rings. The number of ether oxygens (including phenoxy) is 2. The molecule has 0 saturated carbocycles. The third kappa shape index (κ3) is 5.02. The number of methoxy groups -OCH3 is 1. The fourth-order valence-corrected chi connectivity index (χ4v) is 4.87. The average Bonchev–Trinajstić information content (AvgIpc) is 3.55. The van der Waals surface area contributed by atoms with Crippen LogP contribution in [0.15, 0.2) is 59.7 Å².